The number of nitrogens with one attached hydrogen (secondary N) is 2. The van der Waals surface area contributed by atoms with Crippen LogP contribution in [0.2, 0.25) is 5.02 Å². The highest BCUT2D eigenvalue weighted by Crippen LogP contribution is 2.20. The molecule has 1 unspecified atom stereocenters. The summed E-state index contributed by atoms with van der Waals surface area (Å²) in [5.41, 5.74) is 2.76. The molecule has 4 rings (SSSR count). The quantitative estimate of drug-likeness (QED) is 0.657. The minimum atomic E-state index is -0.805. The fourth-order valence-corrected chi connectivity index (χ4v) is 4.53. The first-order valence-electron chi connectivity index (χ1n) is 11.6. The minimum Gasteiger partial charge on any atom is -0.369 e. The number of rotatable bonds is 6. The maximum atomic E-state index is 13.1. The molecule has 2 aromatic rings. The van der Waals surface area contributed by atoms with E-state index in [9.17, 15) is 14.4 Å². The van der Waals surface area contributed by atoms with Crippen molar-refractivity contribution >= 4 is 40.7 Å². The van der Waals surface area contributed by atoms with Crippen LogP contribution in [0.1, 0.15) is 12.0 Å². The van der Waals surface area contributed by atoms with Crippen molar-refractivity contribution in [3.63, 3.8) is 0 Å². The van der Waals surface area contributed by atoms with E-state index in [4.69, 9.17) is 11.6 Å². The van der Waals surface area contributed by atoms with Crippen LogP contribution in [0.4, 0.5) is 11.4 Å². The lowest BCUT2D eigenvalue weighted by molar-refractivity contribution is -0.145. The Kier molecular flexibility index (Phi) is 7.70. The summed E-state index contributed by atoms with van der Waals surface area (Å²) < 4.78 is 0. The van der Waals surface area contributed by atoms with E-state index in [-0.39, 0.29) is 30.7 Å². The van der Waals surface area contributed by atoms with E-state index in [1.54, 1.807) is 4.90 Å². The first-order valence-corrected chi connectivity index (χ1v) is 11.9. The van der Waals surface area contributed by atoms with Gasteiger partial charge >= 0.3 is 0 Å². The Morgan fingerprint density at radius 2 is 1.74 bits per heavy atom. The second kappa shape index (κ2) is 10.9. The number of aryl methyl sites for hydroxylation is 1. The largest absolute Gasteiger partial charge is 0.369 e. The number of hydrogen-bond acceptors (Lipinski definition) is 5. The Morgan fingerprint density at radius 1 is 1.03 bits per heavy atom. The van der Waals surface area contributed by atoms with Crippen molar-refractivity contribution in [1.82, 2.24) is 15.1 Å². The van der Waals surface area contributed by atoms with Gasteiger partial charge in [0.25, 0.3) is 0 Å². The van der Waals surface area contributed by atoms with Gasteiger partial charge in [-0.25, -0.2) is 0 Å². The number of benzene rings is 2. The van der Waals surface area contributed by atoms with Crippen molar-refractivity contribution in [3.05, 3.63) is 59.1 Å². The van der Waals surface area contributed by atoms with Gasteiger partial charge in [0.2, 0.25) is 17.7 Å². The second-order valence-electron chi connectivity index (χ2n) is 8.70. The van der Waals surface area contributed by atoms with Crippen LogP contribution in [-0.2, 0) is 14.4 Å². The number of carbonyl (C=O) groups is 3. The summed E-state index contributed by atoms with van der Waals surface area (Å²) in [5, 5.41) is 6.36. The monoisotopic (exact) mass is 483 g/mol. The Morgan fingerprint density at radius 3 is 2.44 bits per heavy atom. The molecule has 0 radical (unpaired) electrons. The predicted molar refractivity (Wildman–Crippen MR) is 133 cm³/mol. The summed E-state index contributed by atoms with van der Waals surface area (Å²) in [7, 11) is 0. The van der Waals surface area contributed by atoms with Gasteiger partial charge in [-0.3, -0.25) is 19.3 Å². The Bertz CT molecular complexity index is 1040. The number of carbonyl (C=O) groups excluding carboxylic acids is 3. The van der Waals surface area contributed by atoms with Crippen LogP contribution >= 0.6 is 11.6 Å². The lowest BCUT2D eigenvalue weighted by Gasteiger charge is -2.39. The Hall–Kier alpha value is -3.10. The fraction of sp³-hybridized carbons (Fsp3) is 0.400. The number of halogens is 1. The molecule has 0 aromatic heterocycles. The van der Waals surface area contributed by atoms with Crippen LogP contribution in [0.15, 0.2) is 48.5 Å². The van der Waals surface area contributed by atoms with Crippen LogP contribution in [-0.4, -0.2) is 79.4 Å². The van der Waals surface area contributed by atoms with E-state index in [1.165, 1.54) is 0 Å². The van der Waals surface area contributed by atoms with Crippen LogP contribution in [0.3, 0.4) is 0 Å². The molecule has 34 heavy (non-hydrogen) atoms. The molecule has 2 aliphatic heterocycles. The second-order valence-corrected chi connectivity index (χ2v) is 9.14. The minimum absolute atomic E-state index is 0.0732. The van der Waals surface area contributed by atoms with Gasteiger partial charge in [-0.2, -0.15) is 0 Å². The number of anilines is 2. The van der Waals surface area contributed by atoms with Gasteiger partial charge in [0.05, 0.1) is 13.0 Å². The highest BCUT2D eigenvalue weighted by atomic mass is 35.5. The zero-order valence-corrected chi connectivity index (χ0v) is 20.1. The topological polar surface area (TPSA) is 85.0 Å². The molecule has 2 saturated heterocycles. The van der Waals surface area contributed by atoms with Crippen LogP contribution in [0.5, 0.6) is 0 Å². The number of amides is 3. The predicted octanol–water partition coefficient (Wildman–Crippen LogP) is 2.13. The number of piperazine rings is 2. The number of para-hydroxylation sites is 1. The molecular formula is C25H30ClN5O3. The molecule has 8 nitrogen and oxygen atoms in total. The van der Waals surface area contributed by atoms with Crippen molar-refractivity contribution in [2.45, 2.75) is 19.4 Å². The van der Waals surface area contributed by atoms with E-state index in [0.29, 0.717) is 23.8 Å². The first-order chi connectivity index (χ1) is 16.4. The van der Waals surface area contributed by atoms with Crippen molar-refractivity contribution in [2.24, 2.45) is 0 Å². The highest BCUT2D eigenvalue weighted by molar-refractivity contribution is 6.30. The van der Waals surface area contributed by atoms with Gasteiger partial charge in [0.15, 0.2) is 0 Å². The smallest absolute Gasteiger partial charge is 0.243 e. The lowest BCUT2D eigenvalue weighted by atomic mass is 10.1. The van der Waals surface area contributed by atoms with E-state index < -0.39 is 6.04 Å². The standard InChI is InChI=1S/C25H30ClN5O3/c1-18-4-2-3-5-21(18)28-23(32)16-22-25(34)27-10-11-31(22)24(33)17-29-12-14-30(15-13-29)20-8-6-19(26)7-9-20/h2-9,22H,10-17H2,1H3,(H,27,34)(H,28,32). The molecule has 2 aliphatic rings. The highest BCUT2D eigenvalue weighted by Gasteiger charge is 2.35. The number of hydrogen-bond donors (Lipinski definition) is 2. The van der Waals surface area contributed by atoms with Crippen molar-refractivity contribution in [2.75, 3.05) is 56.0 Å². The molecule has 180 valence electrons. The maximum Gasteiger partial charge on any atom is 0.243 e. The zero-order valence-electron chi connectivity index (χ0n) is 19.3. The van der Waals surface area contributed by atoms with Gasteiger partial charge in [0, 0.05) is 55.7 Å². The first kappa shape index (κ1) is 24.0. The van der Waals surface area contributed by atoms with Gasteiger partial charge in [0.1, 0.15) is 6.04 Å². The Labute approximate surface area is 204 Å². The van der Waals surface area contributed by atoms with Gasteiger partial charge in [-0.1, -0.05) is 29.8 Å². The summed E-state index contributed by atoms with van der Waals surface area (Å²) in [4.78, 5) is 44.3. The normalized spacial score (nSPS) is 19.0. The van der Waals surface area contributed by atoms with Gasteiger partial charge < -0.3 is 20.4 Å². The summed E-state index contributed by atoms with van der Waals surface area (Å²) in [6, 6.07) is 14.4. The molecule has 2 aromatic carbocycles. The zero-order chi connectivity index (χ0) is 24.1. The summed E-state index contributed by atoms with van der Waals surface area (Å²) >= 11 is 5.98. The molecule has 2 N–H and O–H groups in total. The molecule has 1 atom stereocenters. The Balaban J connectivity index is 1.32. The third-order valence-corrected chi connectivity index (χ3v) is 6.62. The van der Waals surface area contributed by atoms with Crippen LogP contribution in [0.25, 0.3) is 0 Å². The average molecular weight is 484 g/mol. The van der Waals surface area contributed by atoms with Gasteiger partial charge in [-0.15, -0.1) is 0 Å². The molecule has 2 fully saturated rings. The molecule has 2 heterocycles. The van der Waals surface area contributed by atoms with Crippen molar-refractivity contribution < 1.29 is 14.4 Å². The SMILES string of the molecule is Cc1ccccc1NC(=O)CC1C(=O)NCCN1C(=O)CN1CCN(c2ccc(Cl)cc2)CC1. The van der Waals surface area contributed by atoms with Gasteiger partial charge in [-0.05, 0) is 42.8 Å². The molecular weight excluding hydrogens is 454 g/mol. The van der Waals surface area contributed by atoms with Crippen LogP contribution < -0.4 is 15.5 Å². The lowest BCUT2D eigenvalue weighted by Crippen LogP contribution is -2.60. The molecule has 0 saturated carbocycles. The molecule has 9 heteroatoms. The fourth-order valence-electron chi connectivity index (χ4n) is 4.40. The molecule has 0 aliphatic carbocycles. The van der Waals surface area contributed by atoms with E-state index in [0.717, 1.165) is 37.4 Å². The third kappa shape index (κ3) is 5.87. The molecule has 0 spiro atoms. The summed E-state index contributed by atoms with van der Waals surface area (Å²) in [5.74, 6) is -0.693. The van der Waals surface area contributed by atoms with Crippen LogP contribution in [0, 0.1) is 6.92 Å². The van der Waals surface area contributed by atoms with E-state index >= 15 is 0 Å². The average Bonchev–Trinajstić information content (AvgIpc) is 2.83. The van der Waals surface area contributed by atoms with E-state index in [1.807, 2.05) is 55.5 Å². The van der Waals surface area contributed by atoms with E-state index in [2.05, 4.69) is 20.4 Å². The third-order valence-electron chi connectivity index (χ3n) is 6.37. The molecule has 0 bridgehead atoms. The van der Waals surface area contributed by atoms with Crippen molar-refractivity contribution in [1.29, 1.82) is 0 Å². The number of nitrogens with zero attached hydrogens (tertiary/aromatic N) is 3. The maximum absolute atomic E-state index is 13.1. The summed E-state index contributed by atoms with van der Waals surface area (Å²) in [6.07, 6.45) is -0.0732. The summed E-state index contributed by atoms with van der Waals surface area (Å²) in [6.45, 7) is 6.03. The van der Waals surface area contributed by atoms with Crippen molar-refractivity contribution in [3.8, 4) is 0 Å². The molecule has 3 amide bonds.